The lowest BCUT2D eigenvalue weighted by Crippen LogP contribution is -2.32. The van der Waals surface area contributed by atoms with Crippen molar-refractivity contribution in [3.63, 3.8) is 0 Å². The van der Waals surface area contributed by atoms with Crippen LogP contribution in [0.25, 0.3) is 0 Å². The number of nitrogens with zero attached hydrogens (tertiary/aromatic N) is 2. The number of methoxy groups -OCH3 is 2. The van der Waals surface area contributed by atoms with Gasteiger partial charge in [-0.2, -0.15) is 0 Å². The number of amides is 1. The summed E-state index contributed by atoms with van der Waals surface area (Å²) in [5.41, 5.74) is 1.08. The van der Waals surface area contributed by atoms with Crippen LogP contribution in [0.1, 0.15) is 30.8 Å². The van der Waals surface area contributed by atoms with Gasteiger partial charge in [-0.3, -0.25) is 4.79 Å². The summed E-state index contributed by atoms with van der Waals surface area (Å²) in [5, 5.41) is 6.00. The van der Waals surface area contributed by atoms with Crippen molar-refractivity contribution in [2.75, 3.05) is 19.5 Å². The Morgan fingerprint density at radius 1 is 1.17 bits per heavy atom. The van der Waals surface area contributed by atoms with E-state index in [-0.39, 0.29) is 11.9 Å². The number of anilines is 2. The van der Waals surface area contributed by atoms with E-state index >= 15 is 0 Å². The SMILES string of the molecule is CCC(C)NC(=O)c1cc(Nc2ccc(OC)c(OC)c2)ncn1. The molecule has 2 N–H and O–H groups in total. The van der Waals surface area contributed by atoms with Crippen LogP contribution in [0.4, 0.5) is 11.5 Å². The van der Waals surface area contributed by atoms with Crippen molar-refractivity contribution in [1.29, 1.82) is 0 Å². The molecule has 0 aliphatic carbocycles. The molecule has 1 aromatic heterocycles. The van der Waals surface area contributed by atoms with Crippen LogP contribution in [-0.2, 0) is 0 Å². The maximum absolute atomic E-state index is 12.1. The van der Waals surface area contributed by atoms with Gasteiger partial charge in [-0.05, 0) is 25.5 Å². The molecule has 1 amide bonds. The van der Waals surface area contributed by atoms with E-state index in [1.807, 2.05) is 19.9 Å². The minimum absolute atomic E-state index is 0.0923. The molecule has 0 saturated carbocycles. The van der Waals surface area contributed by atoms with Crippen LogP contribution in [0.2, 0.25) is 0 Å². The van der Waals surface area contributed by atoms with Crippen LogP contribution in [-0.4, -0.2) is 36.1 Å². The van der Waals surface area contributed by atoms with Gasteiger partial charge in [0.2, 0.25) is 0 Å². The highest BCUT2D eigenvalue weighted by molar-refractivity contribution is 5.93. The molecule has 7 heteroatoms. The average Bonchev–Trinajstić information content (AvgIpc) is 2.61. The molecule has 0 radical (unpaired) electrons. The van der Waals surface area contributed by atoms with Crippen molar-refractivity contribution < 1.29 is 14.3 Å². The summed E-state index contributed by atoms with van der Waals surface area (Å²) in [4.78, 5) is 20.3. The van der Waals surface area contributed by atoms with Crippen LogP contribution in [0, 0.1) is 0 Å². The fourth-order valence-electron chi connectivity index (χ4n) is 2.01. The first-order valence-corrected chi connectivity index (χ1v) is 7.69. The zero-order chi connectivity index (χ0) is 17.5. The average molecular weight is 330 g/mol. The van der Waals surface area contributed by atoms with Gasteiger partial charge in [0, 0.05) is 23.9 Å². The molecule has 2 aromatic rings. The van der Waals surface area contributed by atoms with E-state index in [0.717, 1.165) is 12.1 Å². The molecule has 1 unspecified atom stereocenters. The molecule has 1 aromatic carbocycles. The standard InChI is InChI=1S/C17H22N4O3/c1-5-11(2)20-17(22)13-9-16(19-10-18-13)21-12-6-7-14(23-3)15(8-12)24-4/h6-11H,5H2,1-4H3,(H,20,22)(H,18,19,21). The van der Waals surface area contributed by atoms with Crippen LogP contribution in [0.5, 0.6) is 11.5 Å². The molecule has 24 heavy (non-hydrogen) atoms. The Bertz CT molecular complexity index is 706. The van der Waals surface area contributed by atoms with Gasteiger partial charge in [-0.1, -0.05) is 6.92 Å². The summed E-state index contributed by atoms with van der Waals surface area (Å²) in [6, 6.07) is 7.12. The third kappa shape index (κ3) is 4.34. The normalized spacial score (nSPS) is 11.5. The number of carbonyl (C=O) groups is 1. The molecule has 7 nitrogen and oxygen atoms in total. The lowest BCUT2D eigenvalue weighted by molar-refractivity contribution is 0.0934. The van der Waals surface area contributed by atoms with E-state index in [1.54, 1.807) is 32.4 Å². The van der Waals surface area contributed by atoms with Gasteiger partial charge < -0.3 is 20.1 Å². The van der Waals surface area contributed by atoms with Gasteiger partial charge in [-0.15, -0.1) is 0 Å². The molecule has 0 saturated heterocycles. The van der Waals surface area contributed by atoms with Crippen molar-refractivity contribution in [2.45, 2.75) is 26.3 Å². The molecule has 0 spiro atoms. The largest absolute Gasteiger partial charge is 0.493 e. The van der Waals surface area contributed by atoms with Crippen molar-refractivity contribution in [3.05, 3.63) is 36.3 Å². The third-order valence-corrected chi connectivity index (χ3v) is 3.55. The van der Waals surface area contributed by atoms with E-state index in [4.69, 9.17) is 9.47 Å². The van der Waals surface area contributed by atoms with Gasteiger partial charge >= 0.3 is 0 Å². The highest BCUT2D eigenvalue weighted by atomic mass is 16.5. The number of nitrogens with one attached hydrogen (secondary N) is 2. The second-order valence-corrected chi connectivity index (χ2v) is 5.27. The topological polar surface area (TPSA) is 85.4 Å². The van der Waals surface area contributed by atoms with E-state index in [9.17, 15) is 4.79 Å². The van der Waals surface area contributed by atoms with Crippen LogP contribution in [0.3, 0.4) is 0 Å². The minimum atomic E-state index is -0.220. The molecule has 0 fully saturated rings. The number of rotatable bonds is 7. The van der Waals surface area contributed by atoms with Crippen LogP contribution >= 0.6 is 0 Å². The summed E-state index contributed by atoms with van der Waals surface area (Å²) < 4.78 is 10.5. The number of hydrogen-bond donors (Lipinski definition) is 2. The van der Waals surface area contributed by atoms with Gasteiger partial charge in [0.05, 0.1) is 14.2 Å². The molecule has 1 heterocycles. The molecule has 0 aliphatic heterocycles. The number of carbonyl (C=O) groups excluding carboxylic acids is 1. The van der Waals surface area contributed by atoms with Gasteiger partial charge in [0.15, 0.2) is 11.5 Å². The lowest BCUT2D eigenvalue weighted by Gasteiger charge is -2.12. The Morgan fingerprint density at radius 3 is 2.58 bits per heavy atom. The Kier molecular flexibility index (Phi) is 5.95. The summed E-state index contributed by atoms with van der Waals surface area (Å²) in [7, 11) is 3.15. The van der Waals surface area contributed by atoms with Crippen molar-refractivity contribution in [2.24, 2.45) is 0 Å². The Labute approximate surface area is 141 Å². The summed E-state index contributed by atoms with van der Waals surface area (Å²) in [6.45, 7) is 3.96. The number of ether oxygens (including phenoxy) is 2. The monoisotopic (exact) mass is 330 g/mol. The fourth-order valence-corrected chi connectivity index (χ4v) is 2.01. The molecule has 2 rings (SSSR count). The summed E-state index contributed by atoms with van der Waals surface area (Å²) >= 11 is 0. The van der Waals surface area contributed by atoms with Crippen molar-refractivity contribution in [3.8, 4) is 11.5 Å². The van der Waals surface area contributed by atoms with Crippen LogP contribution < -0.4 is 20.1 Å². The Balaban J connectivity index is 2.16. The quantitative estimate of drug-likeness (QED) is 0.812. The molecule has 128 valence electrons. The van der Waals surface area contributed by atoms with Crippen LogP contribution in [0.15, 0.2) is 30.6 Å². The Hall–Kier alpha value is -2.83. The smallest absolute Gasteiger partial charge is 0.270 e. The fraction of sp³-hybridized carbons (Fsp3) is 0.353. The highest BCUT2D eigenvalue weighted by Gasteiger charge is 2.11. The molecule has 0 bridgehead atoms. The van der Waals surface area contributed by atoms with Crippen molar-refractivity contribution in [1.82, 2.24) is 15.3 Å². The number of hydrogen-bond acceptors (Lipinski definition) is 6. The first kappa shape index (κ1) is 17.5. The molecule has 0 aliphatic rings. The van der Waals surface area contributed by atoms with E-state index < -0.39 is 0 Å². The highest BCUT2D eigenvalue weighted by Crippen LogP contribution is 2.30. The summed E-state index contributed by atoms with van der Waals surface area (Å²) in [6.07, 6.45) is 2.21. The maximum Gasteiger partial charge on any atom is 0.270 e. The zero-order valence-electron chi connectivity index (χ0n) is 14.3. The summed E-state index contributed by atoms with van der Waals surface area (Å²) in [5.74, 6) is 1.54. The molecular formula is C17H22N4O3. The second-order valence-electron chi connectivity index (χ2n) is 5.27. The Morgan fingerprint density at radius 2 is 1.92 bits per heavy atom. The predicted molar refractivity (Wildman–Crippen MR) is 92.1 cm³/mol. The predicted octanol–water partition coefficient (Wildman–Crippen LogP) is 2.77. The van der Waals surface area contributed by atoms with E-state index in [2.05, 4.69) is 20.6 Å². The van der Waals surface area contributed by atoms with E-state index in [0.29, 0.717) is 23.0 Å². The van der Waals surface area contributed by atoms with Crippen molar-refractivity contribution >= 4 is 17.4 Å². The number of benzene rings is 1. The number of aromatic nitrogens is 2. The van der Waals surface area contributed by atoms with Gasteiger partial charge in [-0.25, -0.2) is 9.97 Å². The zero-order valence-corrected chi connectivity index (χ0v) is 14.3. The first-order valence-electron chi connectivity index (χ1n) is 7.69. The van der Waals surface area contributed by atoms with Gasteiger partial charge in [0.1, 0.15) is 17.8 Å². The maximum atomic E-state index is 12.1. The third-order valence-electron chi connectivity index (χ3n) is 3.55. The van der Waals surface area contributed by atoms with E-state index in [1.165, 1.54) is 6.33 Å². The first-order chi connectivity index (χ1) is 11.6. The molecular weight excluding hydrogens is 308 g/mol. The van der Waals surface area contributed by atoms with Gasteiger partial charge in [0.25, 0.3) is 5.91 Å². The lowest BCUT2D eigenvalue weighted by atomic mass is 10.2. The minimum Gasteiger partial charge on any atom is -0.493 e. The molecule has 1 atom stereocenters. The second kappa shape index (κ2) is 8.14.